The molecule has 102 valence electrons. The fourth-order valence-corrected chi connectivity index (χ4v) is 2.02. The number of carbonyl (C=O) groups is 2. The van der Waals surface area contributed by atoms with Crippen molar-refractivity contribution in [2.45, 2.75) is 38.8 Å². The summed E-state index contributed by atoms with van der Waals surface area (Å²) >= 11 is 0. The first-order valence-electron chi connectivity index (χ1n) is 6.27. The number of aryl methyl sites for hydroxylation is 1. The molecule has 1 aromatic carbocycles. The van der Waals surface area contributed by atoms with Gasteiger partial charge in [0.05, 0.1) is 0 Å². The molecule has 5 heteroatoms. The Morgan fingerprint density at radius 1 is 1.37 bits per heavy atom. The Morgan fingerprint density at radius 3 is 2.47 bits per heavy atom. The lowest BCUT2D eigenvalue weighted by Gasteiger charge is -2.26. The van der Waals surface area contributed by atoms with Crippen LogP contribution in [0.2, 0.25) is 0 Å². The maximum atomic E-state index is 12.4. The van der Waals surface area contributed by atoms with Crippen LogP contribution in [0.4, 0.5) is 0 Å². The second-order valence-electron chi connectivity index (χ2n) is 4.96. The number of carboxylic acid groups (broad SMARTS) is 1. The minimum atomic E-state index is -1.02. The van der Waals surface area contributed by atoms with Crippen molar-refractivity contribution in [1.82, 2.24) is 4.90 Å². The molecule has 1 unspecified atom stereocenters. The standard InChI is InChI=1S/C14H17NO4/c1-8-3-4-10(7-12(8)16)13(17)15(11-5-6-11)9(2)14(18)19/h3-4,7,9,11,16H,5-6H2,1-2H3,(H,18,19). The Labute approximate surface area is 111 Å². The highest BCUT2D eigenvalue weighted by atomic mass is 16.4. The molecule has 2 N–H and O–H groups in total. The normalized spacial score (nSPS) is 15.9. The molecule has 1 aliphatic carbocycles. The van der Waals surface area contributed by atoms with Crippen LogP contribution in [0, 0.1) is 6.92 Å². The van der Waals surface area contributed by atoms with Crippen molar-refractivity contribution in [3.8, 4) is 5.75 Å². The maximum absolute atomic E-state index is 12.4. The van der Waals surface area contributed by atoms with Crippen molar-refractivity contribution >= 4 is 11.9 Å². The molecular formula is C14H17NO4. The van der Waals surface area contributed by atoms with Crippen molar-refractivity contribution in [1.29, 1.82) is 0 Å². The minimum Gasteiger partial charge on any atom is -0.508 e. The van der Waals surface area contributed by atoms with E-state index in [0.29, 0.717) is 11.1 Å². The molecule has 0 aliphatic heterocycles. The molecule has 0 radical (unpaired) electrons. The molecule has 1 aliphatic rings. The predicted molar refractivity (Wildman–Crippen MR) is 69.1 cm³/mol. The molecule has 0 heterocycles. The molecule has 1 saturated carbocycles. The van der Waals surface area contributed by atoms with Gasteiger partial charge in [0, 0.05) is 11.6 Å². The number of nitrogens with zero attached hydrogens (tertiary/aromatic N) is 1. The van der Waals surface area contributed by atoms with Crippen molar-refractivity contribution < 1.29 is 19.8 Å². The first kappa shape index (κ1) is 13.4. The van der Waals surface area contributed by atoms with Crippen LogP contribution in [0.25, 0.3) is 0 Å². The Kier molecular flexibility index (Phi) is 3.46. The van der Waals surface area contributed by atoms with E-state index in [1.54, 1.807) is 19.1 Å². The van der Waals surface area contributed by atoms with Gasteiger partial charge >= 0.3 is 5.97 Å². The van der Waals surface area contributed by atoms with Crippen molar-refractivity contribution in [2.24, 2.45) is 0 Å². The highest BCUT2D eigenvalue weighted by molar-refractivity contribution is 5.97. The summed E-state index contributed by atoms with van der Waals surface area (Å²) in [5.41, 5.74) is 1.00. The van der Waals surface area contributed by atoms with Crippen molar-refractivity contribution in [3.63, 3.8) is 0 Å². The lowest BCUT2D eigenvalue weighted by Crippen LogP contribution is -2.44. The van der Waals surface area contributed by atoms with Gasteiger partial charge in [0.2, 0.25) is 0 Å². The largest absolute Gasteiger partial charge is 0.508 e. The van der Waals surface area contributed by atoms with E-state index in [9.17, 15) is 14.7 Å². The van der Waals surface area contributed by atoms with Gasteiger partial charge in [-0.15, -0.1) is 0 Å². The average Bonchev–Trinajstić information content (AvgIpc) is 3.17. The fourth-order valence-electron chi connectivity index (χ4n) is 2.02. The van der Waals surface area contributed by atoms with Crippen LogP contribution >= 0.6 is 0 Å². The van der Waals surface area contributed by atoms with E-state index in [4.69, 9.17) is 5.11 Å². The van der Waals surface area contributed by atoms with Crippen LogP contribution in [-0.4, -0.2) is 39.1 Å². The monoisotopic (exact) mass is 263 g/mol. The molecule has 0 spiro atoms. The molecule has 1 atom stereocenters. The Morgan fingerprint density at radius 2 is 2.00 bits per heavy atom. The summed E-state index contributed by atoms with van der Waals surface area (Å²) in [4.78, 5) is 24.9. The number of aromatic hydroxyl groups is 1. The Balaban J connectivity index is 2.28. The van der Waals surface area contributed by atoms with E-state index >= 15 is 0 Å². The zero-order valence-electron chi connectivity index (χ0n) is 11.0. The first-order chi connectivity index (χ1) is 8.91. The second kappa shape index (κ2) is 4.91. The van der Waals surface area contributed by atoms with Crippen molar-refractivity contribution in [2.75, 3.05) is 0 Å². The molecule has 19 heavy (non-hydrogen) atoms. The number of phenolic OH excluding ortho intramolecular Hbond substituents is 1. The molecule has 0 aromatic heterocycles. The molecular weight excluding hydrogens is 246 g/mol. The second-order valence-corrected chi connectivity index (χ2v) is 4.96. The van der Waals surface area contributed by atoms with Crippen LogP contribution < -0.4 is 0 Å². The van der Waals surface area contributed by atoms with Gasteiger partial charge < -0.3 is 15.1 Å². The van der Waals surface area contributed by atoms with Crippen LogP contribution in [0.3, 0.4) is 0 Å². The smallest absolute Gasteiger partial charge is 0.326 e. The first-order valence-corrected chi connectivity index (χ1v) is 6.27. The number of hydrogen-bond donors (Lipinski definition) is 2. The molecule has 5 nitrogen and oxygen atoms in total. The molecule has 1 amide bonds. The van der Waals surface area contributed by atoms with Crippen molar-refractivity contribution in [3.05, 3.63) is 29.3 Å². The molecule has 0 bridgehead atoms. The third-order valence-corrected chi connectivity index (χ3v) is 3.41. The zero-order valence-corrected chi connectivity index (χ0v) is 11.0. The number of amides is 1. The van der Waals surface area contributed by atoms with Gasteiger partial charge in [0.1, 0.15) is 11.8 Å². The summed E-state index contributed by atoms with van der Waals surface area (Å²) in [5.74, 6) is -1.31. The van der Waals surface area contributed by atoms with Crippen LogP contribution in [0.15, 0.2) is 18.2 Å². The number of phenols is 1. The molecule has 2 rings (SSSR count). The molecule has 1 aromatic rings. The number of hydrogen-bond acceptors (Lipinski definition) is 3. The molecule has 0 saturated heterocycles. The fraction of sp³-hybridized carbons (Fsp3) is 0.429. The van der Waals surface area contributed by atoms with Gasteiger partial charge in [-0.2, -0.15) is 0 Å². The summed E-state index contributed by atoms with van der Waals surface area (Å²) in [6.07, 6.45) is 1.67. The number of carboxylic acids is 1. The van der Waals surface area contributed by atoms with Gasteiger partial charge in [-0.05, 0) is 44.4 Å². The van der Waals surface area contributed by atoms with E-state index in [0.717, 1.165) is 12.8 Å². The van der Waals surface area contributed by atoms with Gasteiger partial charge in [0.15, 0.2) is 0 Å². The van der Waals surface area contributed by atoms with Gasteiger partial charge in [-0.1, -0.05) is 6.07 Å². The van der Waals surface area contributed by atoms with E-state index in [1.165, 1.54) is 17.9 Å². The lowest BCUT2D eigenvalue weighted by atomic mass is 10.1. The highest BCUT2D eigenvalue weighted by Gasteiger charge is 2.38. The van der Waals surface area contributed by atoms with Gasteiger partial charge in [-0.3, -0.25) is 4.79 Å². The van der Waals surface area contributed by atoms with E-state index in [1.807, 2.05) is 0 Å². The summed E-state index contributed by atoms with van der Waals surface area (Å²) in [6.45, 7) is 3.24. The summed E-state index contributed by atoms with van der Waals surface area (Å²) in [6, 6.07) is 3.80. The summed E-state index contributed by atoms with van der Waals surface area (Å²) < 4.78 is 0. The van der Waals surface area contributed by atoms with E-state index in [-0.39, 0.29) is 17.7 Å². The van der Waals surface area contributed by atoms with Crippen LogP contribution in [-0.2, 0) is 4.79 Å². The number of carbonyl (C=O) groups excluding carboxylic acids is 1. The van der Waals surface area contributed by atoms with Gasteiger partial charge in [-0.25, -0.2) is 4.79 Å². The predicted octanol–water partition coefficient (Wildman–Crippen LogP) is 1.78. The Bertz CT molecular complexity index is 522. The summed E-state index contributed by atoms with van der Waals surface area (Å²) in [7, 11) is 0. The average molecular weight is 263 g/mol. The number of rotatable bonds is 4. The minimum absolute atomic E-state index is 0.00189. The topological polar surface area (TPSA) is 77.8 Å². The highest BCUT2D eigenvalue weighted by Crippen LogP contribution is 2.31. The van der Waals surface area contributed by atoms with Crippen LogP contribution in [0.5, 0.6) is 5.75 Å². The maximum Gasteiger partial charge on any atom is 0.326 e. The SMILES string of the molecule is Cc1ccc(C(=O)N(C2CC2)C(C)C(=O)O)cc1O. The quantitative estimate of drug-likeness (QED) is 0.868. The lowest BCUT2D eigenvalue weighted by molar-refractivity contribution is -0.141. The number of aliphatic carboxylic acids is 1. The third-order valence-electron chi connectivity index (χ3n) is 3.41. The number of benzene rings is 1. The van der Waals surface area contributed by atoms with Crippen LogP contribution in [0.1, 0.15) is 35.7 Å². The van der Waals surface area contributed by atoms with E-state index in [2.05, 4.69) is 0 Å². The zero-order chi connectivity index (χ0) is 14.2. The summed E-state index contributed by atoms with van der Waals surface area (Å²) in [5, 5.41) is 18.7. The third kappa shape index (κ3) is 2.70. The van der Waals surface area contributed by atoms with E-state index < -0.39 is 12.0 Å². The Hall–Kier alpha value is -2.04. The molecule has 1 fully saturated rings. The van der Waals surface area contributed by atoms with Gasteiger partial charge in [0.25, 0.3) is 5.91 Å².